The van der Waals surface area contributed by atoms with Crippen molar-refractivity contribution in [1.29, 1.82) is 0 Å². The molecule has 0 spiro atoms. The normalized spacial score (nSPS) is 16.3. The number of hydrogen-bond acceptors (Lipinski definition) is 6. The van der Waals surface area contributed by atoms with Gasteiger partial charge in [-0.15, -0.1) is 0 Å². The quantitative estimate of drug-likeness (QED) is 0.605. The van der Waals surface area contributed by atoms with Gasteiger partial charge in [-0.05, 0) is 37.8 Å². The first-order chi connectivity index (χ1) is 15.3. The van der Waals surface area contributed by atoms with Crippen LogP contribution in [0, 0.1) is 0 Å². The predicted octanol–water partition coefficient (Wildman–Crippen LogP) is 4.25. The van der Waals surface area contributed by atoms with Crippen LogP contribution in [0.25, 0.3) is 0 Å². The van der Waals surface area contributed by atoms with Crippen molar-refractivity contribution in [3.05, 3.63) is 18.2 Å². The van der Waals surface area contributed by atoms with E-state index in [9.17, 15) is 13.2 Å². The molecule has 0 saturated heterocycles. The van der Waals surface area contributed by atoms with Gasteiger partial charge in [-0.2, -0.15) is 5.10 Å². The number of nitrogens with one attached hydrogen (secondary N) is 1. The summed E-state index contributed by atoms with van der Waals surface area (Å²) in [6, 6.07) is 4.81. The smallest absolute Gasteiger partial charge is 0.260 e. The summed E-state index contributed by atoms with van der Waals surface area (Å²) in [7, 11) is -0.818. The van der Waals surface area contributed by atoms with E-state index in [0.717, 1.165) is 42.0 Å². The molecule has 2 rings (SSSR count). The molecule has 1 N–H and O–H groups in total. The highest BCUT2D eigenvalue weighted by Gasteiger charge is 2.24. The lowest BCUT2D eigenvalue weighted by atomic mass is 10.00. The van der Waals surface area contributed by atoms with Crippen LogP contribution in [0.2, 0.25) is 0 Å². The Hall–Kier alpha value is -2.29. The average Bonchev–Trinajstić information content (AvgIpc) is 2.76. The van der Waals surface area contributed by atoms with Crippen molar-refractivity contribution in [1.82, 2.24) is 5.43 Å². The molecule has 0 unspecified atom stereocenters. The van der Waals surface area contributed by atoms with Crippen molar-refractivity contribution in [3.63, 3.8) is 0 Å². The SMILES string of the molecule is COc1ccc(OC)c(N(CC(=O)NN=C2CCCCCCCCCCC2)S(C)(=O)=O)c1. The fraction of sp³-hybridized carbons (Fsp3) is 0.652. The molecule has 1 amide bonds. The number of benzene rings is 1. The Morgan fingerprint density at radius 3 is 2.03 bits per heavy atom. The Labute approximate surface area is 192 Å². The van der Waals surface area contributed by atoms with Crippen LogP contribution in [0.5, 0.6) is 11.5 Å². The lowest BCUT2D eigenvalue weighted by Gasteiger charge is -2.23. The summed E-state index contributed by atoms with van der Waals surface area (Å²) in [6.07, 6.45) is 13.6. The van der Waals surface area contributed by atoms with E-state index in [0.29, 0.717) is 11.5 Å². The molecule has 0 heterocycles. The second-order valence-corrected chi connectivity index (χ2v) is 10.1. The Morgan fingerprint density at radius 1 is 0.969 bits per heavy atom. The van der Waals surface area contributed by atoms with E-state index in [1.165, 1.54) is 65.2 Å². The molecule has 0 radical (unpaired) electrons. The molecule has 1 saturated carbocycles. The average molecular weight is 468 g/mol. The Bertz CT molecular complexity index is 856. The third kappa shape index (κ3) is 8.68. The zero-order valence-electron chi connectivity index (χ0n) is 19.6. The first-order valence-electron chi connectivity index (χ1n) is 11.4. The third-order valence-electron chi connectivity index (χ3n) is 5.61. The van der Waals surface area contributed by atoms with Crippen LogP contribution in [0.1, 0.15) is 70.6 Å². The van der Waals surface area contributed by atoms with E-state index in [2.05, 4.69) is 10.5 Å². The number of ether oxygens (including phenoxy) is 2. The first-order valence-corrected chi connectivity index (χ1v) is 13.2. The van der Waals surface area contributed by atoms with Gasteiger partial charge in [-0.1, -0.05) is 44.9 Å². The lowest BCUT2D eigenvalue weighted by Crippen LogP contribution is -2.39. The molecule has 0 aromatic heterocycles. The monoisotopic (exact) mass is 467 g/mol. The lowest BCUT2D eigenvalue weighted by molar-refractivity contribution is -0.119. The first kappa shape index (κ1) is 26.0. The maximum atomic E-state index is 12.7. The minimum absolute atomic E-state index is 0.239. The molecule has 1 aromatic rings. The Kier molecular flexibility index (Phi) is 10.8. The number of nitrogens with zero attached hydrogens (tertiary/aromatic N) is 2. The van der Waals surface area contributed by atoms with Crippen molar-refractivity contribution >= 4 is 27.3 Å². The zero-order chi connectivity index (χ0) is 23.4. The van der Waals surface area contributed by atoms with E-state index in [1.807, 2.05) is 0 Å². The van der Waals surface area contributed by atoms with Gasteiger partial charge in [0.15, 0.2) is 0 Å². The second-order valence-electron chi connectivity index (χ2n) is 8.20. The highest BCUT2D eigenvalue weighted by molar-refractivity contribution is 7.92. The van der Waals surface area contributed by atoms with Crippen molar-refractivity contribution < 1.29 is 22.7 Å². The van der Waals surface area contributed by atoms with Gasteiger partial charge < -0.3 is 9.47 Å². The number of rotatable bonds is 7. The van der Waals surface area contributed by atoms with Crippen LogP contribution in [0.15, 0.2) is 23.3 Å². The molecule has 0 atom stereocenters. The Balaban J connectivity index is 2.11. The van der Waals surface area contributed by atoms with Gasteiger partial charge in [0.2, 0.25) is 10.0 Å². The van der Waals surface area contributed by atoms with Crippen LogP contribution in [-0.4, -0.2) is 47.1 Å². The van der Waals surface area contributed by atoms with Crippen LogP contribution in [-0.2, 0) is 14.8 Å². The summed E-state index contributed by atoms with van der Waals surface area (Å²) in [5, 5.41) is 4.36. The molecule has 1 aliphatic rings. The molecular formula is C23H37N3O5S. The molecule has 32 heavy (non-hydrogen) atoms. The van der Waals surface area contributed by atoms with Crippen molar-refractivity contribution in [2.45, 2.75) is 70.6 Å². The number of sulfonamides is 1. The molecule has 1 aromatic carbocycles. The summed E-state index contributed by atoms with van der Waals surface area (Å²) in [5.74, 6) is 0.289. The maximum Gasteiger partial charge on any atom is 0.260 e. The van der Waals surface area contributed by atoms with E-state index < -0.39 is 22.5 Å². The molecule has 8 nitrogen and oxygen atoms in total. The number of methoxy groups -OCH3 is 2. The fourth-order valence-corrected chi connectivity index (χ4v) is 4.66. The summed E-state index contributed by atoms with van der Waals surface area (Å²) in [4.78, 5) is 12.7. The van der Waals surface area contributed by atoms with Gasteiger partial charge in [0.25, 0.3) is 5.91 Å². The number of amides is 1. The van der Waals surface area contributed by atoms with Gasteiger partial charge in [0.05, 0.1) is 26.2 Å². The third-order valence-corrected chi connectivity index (χ3v) is 6.74. The maximum absolute atomic E-state index is 12.7. The molecule has 180 valence electrons. The summed E-state index contributed by atoms with van der Waals surface area (Å²) >= 11 is 0. The summed E-state index contributed by atoms with van der Waals surface area (Å²) in [6.45, 7) is -0.404. The van der Waals surface area contributed by atoms with E-state index in [4.69, 9.17) is 9.47 Å². The molecule has 1 aliphatic carbocycles. The number of hydrogen-bond donors (Lipinski definition) is 1. The largest absolute Gasteiger partial charge is 0.497 e. The molecular weight excluding hydrogens is 430 g/mol. The Morgan fingerprint density at radius 2 is 1.53 bits per heavy atom. The van der Waals surface area contributed by atoms with Crippen LogP contribution in [0.3, 0.4) is 0 Å². The predicted molar refractivity (Wildman–Crippen MR) is 128 cm³/mol. The van der Waals surface area contributed by atoms with Gasteiger partial charge in [0, 0.05) is 11.8 Å². The minimum atomic E-state index is -3.75. The fourth-order valence-electron chi connectivity index (χ4n) is 3.81. The molecule has 0 aliphatic heterocycles. The standard InChI is InChI=1S/C23H37N3O5S/c1-30-20-15-16-22(31-2)21(17-20)26(32(3,28)29)18-23(27)25-24-19-13-11-9-7-5-4-6-8-10-12-14-19/h15-17H,4-14,18H2,1-3H3,(H,25,27). The van der Waals surface area contributed by atoms with Gasteiger partial charge in [-0.25, -0.2) is 13.8 Å². The highest BCUT2D eigenvalue weighted by Crippen LogP contribution is 2.33. The molecule has 9 heteroatoms. The summed E-state index contributed by atoms with van der Waals surface area (Å²) < 4.78 is 36.5. The molecule has 1 fully saturated rings. The topological polar surface area (TPSA) is 97.3 Å². The highest BCUT2D eigenvalue weighted by atomic mass is 32.2. The van der Waals surface area contributed by atoms with E-state index in [1.54, 1.807) is 12.1 Å². The van der Waals surface area contributed by atoms with Gasteiger partial charge in [0.1, 0.15) is 18.0 Å². The van der Waals surface area contributed by atoms with Crippen molar-refractivity contribution in [2.24, 2.45) is 5.10 Å². The van der Waals surface area contributed by atoms with Crippen LogP contribution >= 0.6 is 0 Å². The number of carbonyl (C=O) groups excluding carboxylic acids is 1. The summed E-state index contributed by atoms with van der Waals surface area (Å²) in [5.41, 5.74) is 3.79. The van der Waals surface area contributed by atoms with Crippen LogP contribution in [0.4, 0.5) is 5.69 Å². The van der Waals surface area contributed by atoms with E-state index >= 15 is 0 Å². The minimum Gasteiger partial charge on any atom is -0.497 e. The van der Waals surface area contributed by atoms with Crippen molar-refractivity contribution in [3.8, 4) is 11.5 Å². The van der Waals surface area contributed by atoms with Crippen molar-refractivity contribution in [2.75, 3.05) is 31.3 Å². The second kappa shape index (κ2) is 13.3. The van der Waals surface area contributed by atoms with Gasteiger partial charge in [-0.3, -0.25) is 9.10 Å². The van der Waals surface area contributed by atoms with Gasteiger partial charge >= 0.3 is 0 Å². The number of carbonyl (C=O) groups is 1. The van der Waals surface area contributed by atoms with E-state index in [-0.39, 0.29) is 5.69 Å². The number of hydrazone groups is 1. The number of anilines is 1. The zero-order valence-corrected chi connectivity index (χ0v) is 20.4. The molecule has 0 bridgehead atoms. The van der Waals surface area contributed by atoms with Crippen LogP contribution < -0.4 is 19.2 Å².